The molecule has 2 aliphatic rings. The molecule has 174 valence electrons. The number of hydrogen-bond donors (Lipinski definition) is 3. The van der Waals surface area contributed by atoms with Crippen molar-refractivity contribution in [2.45, 2.75) is 31.5 Å². The largest absolute Gasteiger partial charge is 0.382 e. The number of carbonyl (C=O) groups is 1. The van der Waals surface area contributed by atoms with Crippen LogP contribution in [0, 0.1) is 0 Å². The minimum absolute atomic E-state index is 0.238. The standard InChI is InChI=1S/C23H35N7O2/c1-4-5-22(29(3)17-26-18(2)30-12-14-32-15-13-30)28-23(31)21-16-20(8-11-25-21)27-19-6-9-24-10-7-19/h4,8,11,16-17,19,22,24H,1-2,5-7,9-10,12-15H2,3H3,(H,25,27)(H,28,31). The number of aromatic nitrogens is 1. The Labute approximate surface area is 190 Å². The van der Waals surface area contributed by atoms with E-state index >= 15 is 0 Å². The second kappa shape index (κ2) is 12.2. The number of amides is 1. The van der Waals surface area contributed by atoms with Gasteiger partial charge in [0.15, 0.2) is 0 Å². The van der Waals surface area contributed by atoms with Crippen molar-refractivity contribution in [3.8, 4) is 0 Å². The zero-order chi connectivity index (χ0) is 22.8. The molecule has 1 aromatic heterocycles. The molecule has 1 atom stereocenters. The lowest BCUT2D eigenvalue weighted by Gasteiger charge is -2.29. The molecule has 3 rings (SSSR count). The van der Waals surface area contributed by atoms with Gasteiger partial charge in [0.2, 0.25) is 0 Å². The fourth-order valence-corrected chi connectivity index (χ4v) is 3.70. The van der Waals surface area contributed by atoms with Gasteiger partial charge in [-0.25, -0.2) is 4.99 Å². The molecule has 2 aliphatic heterocycles. The van der Waals surface area contributed by atoms with E-state index in [0.29, 0.717) is 37.2 Å². The van der Waals surface area contributed by atoms with Gasteiger partial charge in [0.1, 0.15) is 17.7 Å². The molecular weight excluding hydrogens is 406 g/mol. The molecule has 1 unspecified atom stereocenters. The topological polar surface area (TPSA) is 94.1 Å². The Morgan fingerprint density at radius 1 is 1.44 bits per heavy atom. The third kappa shape index (κ3) is 7.06. The van der Waals surface area contributed by atoms with Crippen molar-refractivity contribution < 1.29 is 9.53 Å². The Morgan fingerprint density at radius 3 is 2.91 bits per heavy atom. The highest BCUT2D eigenvalue weighted by Gasteiger charge is 2.18. The summed E-state index contributed by atoms with van der Waals surface area (Å²) in [6, 6.07) is 4.11. The average Bonchev–Trinajstić information content (AvgIpc) is 2.83. The number of rotatable bonds is 10. The maximum atomic E-state index is 12.9. The van der Waals surface area contributed by atoms with Crippen LogP contribution in [-0.2, 0) is 4.74 Å². The van der Waals surface area contributed by atoms with Crippen molar-refractivity contribution in [3.63, 3.8) is 0 Å². The van der Waals surface area contributed by atoms with Crippen LogP contribution in [0.1, 0.15) is 29.8 Å². The molecule has 2 fully saturated rings. The molecule has 9 nitrogen and oxygen atoms in total. The van der Waals surface area contributed by atoms with Gasteiger partial charge in [0.25, 0.3) is 5.91 Å². The van der Waals surface area contributed by atoms with Crippen LogP contribution < -0.4 is 16.0 Å². The summed E-state index contributed by atoms with van der Waals surface area (Å²) >= 11 is 0. The molecule has 0 bridgehead atoms. The molecule has 0 aliphatic carbocycles. The summed E-state index contributed by atoms with van der Waals surface area (Å²) in [7, 11) is 1.87. The van der Waals surface area contributed by atoms with Gasteiger partial charge in [-0.3, -0.25) is 9.78 Å². The number of anilines is 1. The highest BCUT2D eigenvalue weighted by molar-refractivity contribution is 5.93. The zero-order valence-electron chi connectivity index (χ0n) is 18.9. The van der Waals surface area contributed by atoms with E-state index in [4.69, 9.17) is 4.74 Å². The van der Waals surface area contributed by atoms with E-state index in [0.717, 1.165) is 44.7 Å². The maximum absolute atomic E-state index is 12.9. The van der Waals surface area contributed by atoms with Crippen LogP contribution in [0.2, 0.25) is 0 Å². The van der Waals surface area contributed by atoms with E-state index in [1.807, 2.05) is 18.0 Å². The van der Waals surface area contributed by atoms with E-state index in [1.165, 1.54) is 0 Å². The van der Waals surface area contributed by atoms with Gasteiger partial charge in [0, 0.05) is 44.5 Å². The van der Waals surface area contributed by atoms with E-state index in [2.05, 4.69) is 44.0 Å². The molecule has 0 saturated carbocycles. The van der Waals surface area contributed by atoms with Crippen molar-refractivity contribution in [2.24, 2.45) is 4.99 Å². The van der Waals surface area contributed by atoms with Gasteiger partial charge in [-0.15, -0.1) is 6.58 Å². The van der Waals surface area contributed by atoms with E-state index in [9.17, 15) is 4.79 Å². The van der Waals surface area contributed by atoms with E-state index in [-0.39, 0.29) is 12.1 Å². The number of piperidine rings is 1. The Morgan fingerprint density at radius 2 is 2.19 bits per heavy atom. The normalized spacial score (nSPS) is 18.2. The summed E-state index contributed by atoms with van der Waals surface area (Å²) in [6.45, 7) is 12.8. The van der Waals surface area contributed by atoms with Gasteiger partial charge in [-0.2, -0.15) is 0 Å². The summed E-state index contributed by atoms with van der Waals surface area (Å²) in [5, 5.41) is 9.90. The Hall–Kier alpha value is -2.91. The highest BCUT2D eigenvalue weighted by Crippen LogP contribution is 2.14. The predicted octanol–water partition coefficient (Wildman–Crippen LogP) is 1.64. The first-order chi connectivity index (χ1) is 15.6. The summed E-state index contributed by atoms with van der Waals surface area (Å²) < 4.78 is 5.37. The number of ether oxygens (including phenoxy) is 1. The van der Waals surface area contributed by atoms with Gasteiger partial charge in [0.05, 0.1) is 19.6 Å². The van der Waals surface area contributed by atoms with Crippen molar-refractivity contribution in [3.05, 3.63) is 49.1 Å². The van der Waals surface area contributed by atoms with Crippen molar-refractivity contribution in [1.29, 1.82) is 0 Å². The first-order valence-electron chi connectivity index (χ1n) is 11.2. The van der Waals surface area contributed by atoms with Gasteiger partial charge >= 0.3 is 0 Å². The molecular formula is C23H35N7O2. The van der Waals surface area contributed by atoms with Crippen LogP contribution in [0.3, 0.4) is 0 Å². The number of nitrogens with one attached hydrogen (secondary N) is 3. The first kappa shape index (κ1) is 23.7. The molecule has 32 heavy (non-hydrogen) atoms. The number of hydrogen-bond acceptors (Lipinski definition) is 7. The molecule has 1 amide bonds. The summed E-state index contributed by atoms with van der Waals surface area (Å²) in [6.07, 6.45) is 7.51. The minimum atomic E-state index is -0.302. The van der Waals surface area contributed by atoms with E-state index < -0.39 is 0 Å². The molecule has 3 heterocycles. The fraction of sp³-hybridized carbons (Fsp3) is 0.522. The third-order valence-corrected chi connectivity index (χ3v) is 5.65. The number of pyridine rings is 1. The van der Waals surface area contributed by atoms with E-state index in [1.54, 1.807) is 24.7 Å². The molecule has 0 spiro atoms. The SMILES string of the molecule is C=CCC(NC(=O)c1cc(NC2CCNCC2)ccn1)N(C)C=NC(=C)N1CCOCC1. The molecule has 3 N–H and O–H groups in total. The Balaban J connectivity index is 1.58. The average molecular weight is 442 g/mol. The maximum Gasteiger partial charge on any atom is 0.271 e. The smallest absolute Gasteiger partial charge is 0.271 e. The van der Waals surface area contributed by atoms with Crippen LogP contribution in [0.4, 0.5) is 5.69 Å². The summed E-state index contributed by atoms with van der Waals surface area (Å²) in [5.74, 6) is 0.445. The van der Waals surface area contributed by atoms with Crippen LogP contribution >= 0.6 is 0 Å². The number of nitrogens with zero attached hydrogens (tertiary/aromatic N) is 4. The molecule has 1 aromatic rings. The first-order valence-corrected chi connectivity index (χ1v) is 11.2. The van der Waals surface area contributed by atoms with Crippen molar-refractivity contribution >= 4 is 17.9 Å². The molecule has 0 aromatic carbocycles. The molecule has 0 radical (unpaired) electrons. The molecule has 9 heteroatoms. The van der Waals surface area contributed by atoms with Crippen LogP contribution in [-0.4, -0.2) is 85.7 Å². The Bertz CT molecular complexity index is 801. The van der Waals surface area contributed by atoms with Crippen LogP contribution in [0.5, 0.6) is 0 Å². The summed E-state index contributed by atoms with van der Waals surface area (Å²) in [4.78, 5) is 25.6. The zero-order valence-corrected chi connectivity index (χ0v) is 18.9. The quantitative estimate of drug-likeness (QED) is 0.220. The Kier molecular flexibility index (Phi) is 9.06. The third-order valence-electron chi connectivity index (χ3n) is 5.65. The lowest BCUT2D eigenvalue weighted by atomic mass is 10.1. The van der Waals surface area contributed by atoms with Gasteiger partial charge in [-0.1, -0.05) is 12.7 Å². The van der Waals surface area contributed by atoms with Crippen molar-refractivity contribution in [2.75, 3.05) is 51.8 Å². The number of morpholine rings is 1. The number of carbonyl (C=O) groups excluding carboxylic acids is 1. The van der Waals surface area contributed by atoms with Crippen molar-refractivity contribution in [1.82, 2.24) is 25.4 Å². The monoisotopic (exact) mass is 441 g/mol. The second-order valence-electron chi connectivity index (χ2n) is 8.04. The van der Waals surface area contributed by atoms with Gasteiger partial charge in [-0.05, 0) is 38.1 Å². The lowest BCUT2D eigenvalue weighted by molar-refractivity contribution is 0.0533. The van der Waals surface area contributed by atoms with Crippen LogP contribution in [0.25, 0.3) is 0 Å². The summed E-state index contributed by atoms with van der Waals surface area (Å²) in [5.41, 5.74) is 1.29. The second-order valence-corrected chi connectivity index (χ2v) is 8.04. The lowest BCUT2D eigenvalue weighted by Crippen LogP contribution is -2.46. The van der Waals surface area contributed by atoms with Crippen LogP contribution in [0.15, 0.2) is 48.4 Å². The minimum Gasteiger partial charge on any atom is -0.382 e. The highest BCUT2D eigenvalue weighted by atomic mass is 16.5. The predicted molar refractivity (Wildman–Crippen MR) is 128 cm³/mol. The van der Waals surface area contributed by atoms with Gasteiger partial charge < -0.3 is 30.5 Å². The molecule has 2 saturated heterocycles. The fourth-order valence-electron chi connectivity index (χ4n) is 3.70. The number of aliphatic imine (C=N–C) groups is 1.